The van der Waals surface area contributed by atoms with Crippen molar-refractivity contribution in [2.45, 2.75) is 65.2 Å². The number of alkyl halides is 3. The maximum Gasteiger partial charge on any atom is 0.416 e. The molecule has 1 saturated carbocycles. The predicted octanol–water partition coefficient (Wildman–Crippen LogP) is 7.63. The van der Waals surface area contributed by atoms with Crippen LogP contribution in [-0.2, 0) is 15.7 Å². The second-order valence-corrected chi connectivity index (χ2v) is 10.7. The van der Waals surface area contributed by atoms with Crippen LogP contribution in [0.3, 0.4) is 0 Å². The molecule has 0 bridgehead atoms. The molecule has 0 saturated heterocycles. The minimum Gasteiger partial charge on any atom is -0.455 e. The van der Waals surface area contributed by atoms with E-state index in [-0.39, 0.29) is 22.9 Å². The third-order valence-corrected chi connectivity index (χ3v) is 8.39. The van der Waals surface area contributed by atoms with E-state index in [1.54, 1.807) is 18.3 Å². The molecular formula is C29H30F3NO2. The largest absolute Gasteiger partial charge is 0.455 e. The van der Waals surface area contributed by atoms with Gasteiger partial charge >= 0.3 is 12.1 Å². The first kappa shape index (κ1) is 23.8. The minimum absolute atomic E-state index is 0.0556. The number of pyridine rings is 1. The predicted molar refractivity (Wildman–Crippen MR) is 129 cm³/mol. The Morgan fingerprint density at radius 1 is 1.11 bits per heavy atom. The molecule has 0 spiro atoms. The van der Waals surface area contributed by atoms with Crippen molar-refractivity contribution in [3.05, 3.63) is 71.1 Å². The summed E-state index contributed by atoms with van der Waals surface area (Å²) in [5.41, 5.74) is 2.84. The van der Waals surface area contributed by atoms with Crippen LogP contribution in [0, 0.1) is 16.7 Å². The van der Waals surface area contributed by atoms with Gasteiger partial charge in [-0.2, -0.15) is 13.2 Å². The molecule has 2 heterocycles. The van der Waals surface area contributed by atoms with Crippen molar-refractivity contribution in [2.75, 3.05) is 0 Å². The molecule has 1 aliphatic heterocycles. The number of allylic oxidation sites excluding steroid dienone is 1. The normalized spacial score (nSPS) is 30.9. The number of fused-ring (bicyclic) bond motifs is 1. The van der Waals surface area contributed by atoms with Crippen LogP contribution in [0.15, 0.2) is 59.8 Å². The van der Waals surface area contributed by atoms with Crippen LogP contribution in [-0.4, -0.2) is 17.1 Å². The summed E-state index contributed by atoms with van der Waals surface area (Å²) in [5, 5.41) is 0. The first-order valence-electron chi connectivity index (χ1n) is 12.3. The number of nitrogens with zero attached hydrogens (tertiary/aromatic N) is 1. The van der Waals surface area contributed by atoms with Gasteiger partial charge in [-0.3, -0.25) is 4.98 Å². The molecule has 1 unspecified atom stereocenters. The Hall–Kier alpha value is -2.89. The van der Waals surface area contributed by atoms with E-state index in [1.807, 2.05) is 19.1 Å². The van der Waals surface area contributed by atoms with Gasteiger partial charge in [0.05, 0.1) is 11.3 Å². The van der Waals surface area contributed by atoms with Crippen molar-refractivity contribution in [3.63, 3.8) is 0 Å². The summed E-state index contributed by atoms with van der Waals surface area (Å²) in [6.45, 7) is 6.49. The van der Waals surface area contributed by atoms with E-state index in [0.29, 0.717) is 17.0 Å². The zero-order chi connectivity index (χ0) is 25.0. The minimum atomic E-state index is -4.38. The number of carbonyl (C=O) groups excluding carboxylic acids is 1. The van der Waals surface area contributed by atoms with Gasteiger partial charge in [0.15, 0.2) is 0 Å². The van der Waals surface area contributed by atoms with Gasteiger partial charge in [-0.05, 0) is 72.9 Å². The third-order valence-electron chi connectivity index (χ3n) is 8.39. The Labute approximate surface area is 204 Å². The van der Waals surface area contributed by atoms with E-state index in [9.17, 15) is 18.0 Å². The van der Waals surface area contributed by atoms with Crippen molar-refractivity contribution >= 4 is 12.0 Å². The molecular weight excluding hydrogens is 451 g/mol. The highest BCUT2D eigenvalue weighted by molar-refractivity contribution is 5.93. The Balaban J connectivity index is 1.47. The maximum absolute atomic E-state index is 13.1. The number of carbonyl (C=O) groups is 1. The number of esters is 1. The fourth-order valence-electron chi connectivity index (χ4n) is 6.82. The number of halogens is 3. The topological polar surface area (TPSA) is 39.2 Å². The highest BCUT2D eigenvalue weighted by Gasteiger charge is 2.56. The van der Waals surface area contributed by atoms with Crippen LogP contribution < -0.4 is 0 Å². The lowest BCUT2D eigenvalue weighted by Gasteiger charge is -2.54. The molecule has 1 fully saturated rings. The van der Waals surface area contributed by atoms with Gasteiger partial charge in [-0.25, -0.2) is 4.79 Å². The molecule has 6 heteroatoms. The Morgan fingerprint density at radius 2 is 1.91 bits per heavy atom. The van der Waals surface area contributed by atoms with E-state index in [4.69, 9.17) is 4.74 Å². The third kappa shape index (κ3) is 4.11. The van der Waals surface area contributed by atoms with Gasteiger partial charge in [0.25, 0.3) is 0 Å². The van der Waals surface area contributed by atoms with E-state index < -0.39 is 11.7 Å². The van der Waals surface area contributed by atoms with Crippen LogP contribution in [0.4, 0.5) is 13.2 Å². The quantitative estimate of drug-likeness (QED) is 0.423. The van der Waals surface area contributed by atoms with E-state index in [1.165, 1.54) is 18.9 Å². The Kier molecular flexibility index (Phi) is 5.69. The maximum atomic E-state index is 13.1. The smallest absolute Gasteiger partial charge is 0.416 e. The van der Waals surface area contributed by atoms with Gasteiger partial charge in [-0.1, -0.05) is 51.0 Å². The lowest BCUT2D eigenvalue weighted by molar-refractivity contribution is -0.139. The summed E-state index contributed by atoms with van der Waals surface area (Å²) in [6.07, 6.45) is 6.50. The first-order chi connectivity index (χ1) is 16.5. The van der Waals surface area contributed by atoms with Gasteiger partial charge in [0.2, 0.25) is 0 Å². The van der Waals surface area contributed by atoms with Crippen molar-refractivity contribution in [1.29, 1.82) is 0 Å². The van der Waals surface area contributed by atoms with Crippen molar-refractivity contribution in [2.24, 2.45) is 16.7 Å². The molecule has 1 aromatic carbocycles. The van der Waals surface area contributed by atoms with Crippen LogP contribution in [0.5, 0.6) is 0 Å². The van der Waals surface area contributed by atoms with Crippen LogP contribution >= 0.6 is 0 Å². The van der Waals surface area contributed by atoms with E-state index in [2.05, 4.69) is 24.9 Å². The number of ether oxygens (including phenoxy) is 1. The molecule has 1 aromatic heterocycles. The molecule has 3 aliphatic rings. The van der Waals surface area contributed by atoms with Crippen molar-refractivity contribution in [1.82, 2.24) is 4.98 Å². The number of benzene rings is 1. The van der Waals surface area contributed by atoms with Crippen LogP contribution in [0.25, 0.3) is 17.2 Å². The number of aromatic nitrogens is 1. The fourth-order valence-corrected chi connectivity index (χ4v) is 6.82. The molecule has 4 atom stereocenters. The molecule has 0 N–H and O–H groups in total. The first-order valence-corrected chi connectivity index (χ1v) is 12.3. The Bertz CT molecular complexity index is 1210. The fraction of sp³-hybridized carbons (Fsp3) is 0.448. The standard InChI is InChI=1S/C29H30F3NO2/c1-18-25-23(26(34)35-18)16-27(2)13-5-4-9-24(27)28(25,3)14-12-22-11-10-20(17-33-22)19-7-6-8-21(15-19)29(30,31)32/h6-8,10-12,14-15,17-18,24H,4-5,9,13,16H2,1-3H3/b14-12+/t18-,24?,27+,28+/m1/s1. The summed E-state index contributed by atoms with van der Waals surface area (Å²) in [7, 11) is 0. The summed E-state index contributed by atoms with van der Waals surface area (Å²) in [5.74, 6) is 0.223. The highest BCUT2D eigenvalue weighted by Crippen LogP contribution is 2.62. The number of rotatable bonds is 3. The van der Waals surface area contributed by atoms with Crippen LogP contribution in [0.2, 0.25) is 0 Å². The second kappa shape index (κ2) is 8.35. The number of hydrogen-bond acceptors (Lipinski definition) is 3. The Morgan fingerprint density at radius 3 is 2.63 bits per heavy atom. The summed E-state index contributed by atoms with van der Waals surface area (Å²) in [6, 6.07) is 8.90. The van der Waals surface area contributed by atoms with E-state index in [0.717, 1.165) is 48.2 Å². The average Bonchev–Trinajstić information content (AvgIpc) is 3.10. The SMILES string of the molecule is C[C@H]1OC(=O)C2=C1[C@@](C)(/C=C/c1ccc(-c3cccc(C(F)(F)F)c3)cn1)C1CCCC[C@@]1(C)C2. The second-order valence-electron chi connectivity index (χ2n) is 10.7. The highest BCUT2D eigenvalue weighted by atomic mass is 19.4. The molecule has 35 heavy (non-hydrogen) atoms. The van der Waals surface area contributed by atoms with E-state index >= 15 is 0 Å². The molecule has 3 nitrogen and oxygen atoms in total. The molecule has 5 rings (SSSR count). The summed E-state index contributed by atoms with van der Waals surface area (Å²) in [4.78, 5) is 17.2. The molecule has 0 amide bonds. The van der Waals surface area contributed by atoms with Gasteiger partial charge in [0.1, 0.15) is 6.10 Å². The zero-order valence-corrected chi connectivity index (χ0v) is 20.3. The van der Waals surface area contributed by atoms with Crippen molar-refractivity contribution < 1.29 is 22.7 Å². The van der Waals surface area contributed by atoms with Crippen molar-refractivity contribution in [3.8, 4) is 11.1 Å². The van der Waals surface area contributed by atoms with Gasteiger partial charge < -0.3 is 4.74 Å². The molecule has 2 aliphatic carbocycles. The summed E-state index contributed by atoms with van der Waals surface area (Å²) >= 11 is 0. The lowest BCUT2D eigenvalue weighted by Crippen LogP contribution is -2.47. The van der Waals surface area contributed by atoms with Gasteiger partial charge in [0, 0.05) is 22.7 Å². The molecule has 2 aromatic rings. The number of cyclic esters (lactones) is 1. The lowest BCUT2D eigenvalue weighted by atomic mass is 9.49. The van der Waals surface area contributed by atoms with Gasteiger partial charge in [-0.15, -0.1) is 0 Å². The average molecular weight is 482 g/mol. The summed E-state index contributed by atoms with van der Waals surface area (Å²) < 4.78 is 44.9. The monoisotopic (exact) mass is 481 g/mol. The molecule has 184 valence electrons. The number of hydrogen-bond donors (Lipinski definition) is 0. The molecule has 0 radical (unpaired) electrons. The zero-order valence-electron chi connectivity index (χ0n) is 20.3. The van der Waals surface area contributed by atoms with Crippen LogP contribution in [0.1, 0.15) is 64.1 Å².